The molecule has 0 rings (SSSR count). The highest BCUT2D eigenvalue weighted by molar-refractivity contribution is 4.63. The van der Waals surface area contributed by atoms with Crippen LogP contribution in [-0.2, 0) is 0 Å². The van der Waals surface area contributed by atoms with Gasteiger partial charge in [-0.05, 0) is 38.8 Å². The fraction of sp³-hybridized carbons (Fsp3) is 1.00. The predicted octanol–water partition coefficient (Wildman–Crippen LogP) is 2.42. The minimum atomic E-state index is -0.167. The molecule has 0 aromatic rings. The Balaban J connectivity index is 0. The first-order chi connectivity index (χ1) is 5.79. The van der Waals surface area contributed by atoms with Gasteiger partial charge in [-0.1, -0.05) is 27.7 Å². The quantitative estimate of drug-likeness (QED) is 0.668. The topological polar surface area (TPSA) is 32.3 Å². The lowest BCUT2D eigenvalue weighted by atomic mass is 9.97. The number of hydrogen-bond acceptors (Lipinski definition) is 2. The van der Waals surface area contributed by atoms with Crippen LogP contribution in [-0.4, -0.2) is 24.3 Å². The average Bonchev–Trinajstić information content (AvgIpc) is 1.83. The summed E-state index contributed by atoms with van der Waals surface area (Å²) in [6.07, 6.45) is 1.07. The fourth-order valence-electron chi connectivity index (χ4n) is 0.640. The van der Waals surface area contributed by atoms with E-state index in [-0.39, 0.29) is 6.10 Å². The molecule has 2 heteroatoms. The summed E-state index contributed by atoms with van der Waals surface area (Å²) in [7, 11) is 0. The predicted molar refractivity (Wildman–Crippen MR) is 60.0 cm³/mol. The summed E-state index contributed by atoms with van der Waals surface area (Å²) >= 11 is 0. The van der Waals surface area contributed by atoms with Gasteiger partial charge in [-0.2, -0.15) is 0 Å². The number of hydrogen-bond donors (Lipinski definition) is 2. The molecular weight excluding hydrogens is 162 g/mol. The number of aliphatic hydroxyl groups is 1. The molecule has 0 radical (unpaired) electrons. The summed E-state index contributed by atoms with van der Waals surface area (Å²) in [4.78, 5) is 0. The third kappa shape index (κ3) is 33.5. The third-order valence-corrected chi connectivity index (χ3v) is 1.08. The van der Waals surface area contributed by atoms with E-state index in [1.165, 1.54) is 6.42 Å². The Morgan fingerprint density at radius 2 is 1.62 bits per heavy atom. The summed E-state index contributed by atoms with van der Waals surface area (Å²) < 4.78 is 0. The second-order valence-corrected chi connectivity index (χ2v) is 4.83. The molecule has 0 unspecified atom stereocenters. The molecule has 0 amide bonds. The van der Waals surface area contributed by atoms with Gasteiger partial charge in [0.25, 0.3) is 0 Å². The maximum Gasteiger partial charge on any atom is 0.0483 e. The molecule has 0 saturated carbocycles. The van der Waals surface area contributed by atoms with Crippen LogP contribution in [0.2, 0.25) is 0 Å². The first-order valence-electron chi connectivity index (χ1n) is 5.18. The molecule has 2 N–H and O–H groups in total. The lowest BCUT2D eigenvalue weighted by molar-refractivity contribution is 0.216. The molecule has 0 heterocycles. The van der Waals surface area contributed by atoms with E-state index in [0.717, 1.165) is 13.1 Å². The zero-order valence-electron chi connectivity index (χ0n) is 10.1. The van der Waals surface area contributed by atoms with Gasteiger partial charge < -0.3 is 10.4 Å². The molecule has 0 bridgehead atoms. The van der Waals surface area contributed by atoms with Crippen molar-refractivity contribution < 1.29 is 5.11 Å². The van der Waals surface area contributed by atoms with E-state index in [1.54, 1.807) is 13.8 Å². The SMILES string of the molecule is CC(C)O.CCCNCC(C)(C)C. The summed E-state index contributed by atoms with van der Waals surface area (Å²) in [5, 5.41) is 11.4. The van der Waals surface area contributed by atoms with Gasteiger partial charge in [-0.25, -0.2) is 0 Å². The van der Waals surface area contributed by atoms with Gasteiger partial charge in [0.15, 0.2) is 0 Å². The smallest absolute Gasteiger partial charge is 0.0483 e. The molecule has 0 atom stereocenters. The summed E-state index contributed by atoms with van der Waals surface area (Å²) in [5.41, 5.74) is 0.440. The highest BCUT2D eigenvalue weighted by Gasteiger charge is 2.07. The molecule has 2 nitrogen and oxygen atoms in total. The summed E-state index contributed by atoms with van der Waals surface area (Å²) in [6, 6.07) is 0. The van der Waals surface area contributed by atoms with Crippen LogP contribution < -0.4 is 5.32 Å². The van der Waals surface area contributed by atoms with E-state index >= 15 is 0 Å². The Hall–Kier alpha value is -0.0800. The summed E-state index contributed by atoms with van der Waals surface area (Å²) in [6.45, 7) is 14.6. The van der Waals surface area contributed by atoms with Crippen molar-refractivity contribution in [2.24, 2.45) is 5.41 Å². The maximum absolute atomic E-state index is 8.06. The van der Waals surface area contributed by atoms with Gasteiger partial charge in [0.05, 0.1) is 0 Å². The van der Waals surface area contributed by atoms with Crippen LogP contribution in [0, 0.1) is 5.41 Å². The monoisotopic (exact) mass is 189 g/mol. The number of nitrogens with one attached hydrogen (secondary N) is 1. The van der Waals surface area contributed by atoms with E-state index in [1.807, 2.05) is 0 Å². The van der Waals surface area contributed by atoms with Gasteiger partial charge in [0, 0.05) is 6.10 Å². The zero-order valence-corrected chi connectivity index (χ0v) is 10.1. The largest absolute Gasteiger partial charge is 0.394 e. The van der Waals surface area contributed by atoms with Crippen LogP contribution in [0.4, 0.5) is 0 Å². The van der Waals surface area contributed by atoms with Crippen LogP contribution in [0.3, 0.4) is 0 Å². The second-order valence-electron chi connectivity index (χ2n) is 4.83. The lowest BCUT2D eigenvalue weighted by Gasteiger charge is -2.18. The molecule has 0 fully saturated rings. The van der Waals surface area contributed by atoms with E-state index in [9.17, 15) is 0 Å². The van der Waals surface area contributed by atoms with Crippen LogP contribution in [0.1, 0.15) is 48.0 Å². The Morgan fingerprint density at radius 1 is 1.23 bits per heavy atom. The Bertz CT molecular complexity index is 92.0. The fourth-order valence-corrected chi connectivity index (χ4v) is 0.640. The minimum absolute atomic E-state index is 0.167. The lowest BCUT2D eigenvalue weighted by Crippen LogP contribution is -2.27. The molecule has 0 saturated heterocycles. The molecule has 0 aliphatic heterocycles. The van der Waals surface area contributed by atoms with E-state index in [2.05, 4.69) is 33.0 Å². The van der Waals surface area contributed by atoms with Crippen molar-refractivity contribution in [1.29, 1.82) is 0 Å². The first kappa shape index (κ1) is 15.4. The molecule has 82 valence electrons. The van der Waals surface area contributed by atoms with Crippen molar-refractivity contribution in [2.75, 3.05) is 13.1 Å². The van der Waals surface area contributed by atoms with Crippen molar-refractivity contribution >= 4 is 0 Å². The highest BCUT2D eigenvalue weighted by Crippen LogP contribution is 2.09. The van der Waals surface area contributed by atoms with E-state index in [4.69, 9.17) is 5.11 Å². The third-order valence-electron chi connectivity index (χ3n) is 1.08. The molecule has 0 aromatic heterocycles. The first-order valence-corrected chi connectivity index (χ1v) is 5.18. The van der Waals surface area contributed by atoms with Gasteiger partial charge >= 0.3 is 0 Å². The van der Waals surface area contributed by atoms with Crippen LogP contribution in [0.15, 0.2) is 0 Å². The van der Waals surface area contributed by atoms with Gasteiger partial charge in [-0.15, -0.1) is 0 Å². The average molecular weight is 189 g/mol. The maximum atomic E-state index is 8.06. The van der Waals surface area contributed by atoms with Crippen molar-refractivity contribution in [3.63, 3.8) is 0 Å². The van der Waals surface area contributed by atoms with Crippen LogP contribution in [0.25, 0.3) is 0 Å². The number of aliphatic hydroxyl groups excluding tert-OH is 1. The van der Waals surface area contributed by atoms with Crippen molar-refractivity contribution in [1.82, 2.24) is 5.32 Å². The van der Waals surface area contributed by atoms with Crippen LogP contribution in [0.5, 0.6) is 0 Å². The van der Waals surface area contributed by atoms with Gasteiger partial charge in [-0.3, -0.25) is 0 Å². The van der Waals surface area contributed by atoms with Crippen molar-refractivity contribution in [3.8, 4) is 0 Å². The van der Waals surface area contributed by atoms with Crippen molar-refractivity contribution in [3.05, 3.63) is 0 Å². The normalized spacial score (nSPS) is 11.1. The Kier molecular flexibility index (Phi) is 10.1. The van der Waals surface area contributed by atoms with Gasteiger partial charge in [0.1, 0.15) is 0 Å². The molecule has 0 aliphatic carbocycles. The van der Waals surface area contributed by atoms with E-state index < -0.39 is 0 Å². The Morgan fingerprint density at radius 3 is 1.85 bits per heavy atom. The number of rotatable bonds is 3. The Labute approximate surface area is 83.7 Å². The summed E-state index contributed by atoms with van der Waals surface area (Å²) in [5.74, 6) is 0. The van der Waals surface area contributed by atoms with Crippen LogP contribution >= 0.6 is 0 Å². The molecular formula is C11H27NO. The molecule has 0 aliphatic rings. The molecule has 0 spiro atoms. The minimum Gasteiger partial charge on any atom is -0.394 e. The van der Waals surface area contributed by atoms with Crippen molar-refractivity contribution in [2.45, 2.75) is 54.1 Å². The van der Waals surface area contributed by atoms with Gasteiger partial charge in [0.2, 0.25) is 0 Å². The standard InChI is InChI=1S/C8H19N.C3H8O/c1-5-6-9-7-8(2,3)4;1-3(2)4/h9H,5-7H2,1-4H3;3-4H,1-2H3. The highest BCUT2D eigenvalue weighted by atomic mass is 16.3. The molecule has 13 heavy (non-hydrogen) atoms. The van der Waals surface area contributed by atoms with E-state index in [0.29, 0.717) is 5.41 Å². The molecule has 0 aromatic carbocycles. The zero-order chi connectivity index (χ0) is 10.9. The second kappa shape index (κ2) is 8.52.